The van der Waals surface area contributed by atoms with Gasteiger partial charge in [-0.25, -0.2) is 4.99 Å². The predicted molar refractivity (Wildman–Crippen MR) is 157 cm³/mol. The van der Waals surface area contributed by atoms with Crippen molar-refractivity contribution in [2.45, 2.75) is 24.5 Å². The van der Waals surface area contributed by atoms with Gasteiger partial charge >= 0.3 is 0 Å². The summed E-state index contributed by atoms with van der Waals surface area (Å²) in [5.41, 5.74) is 10.9. The zero-order valence-corrected chi connectivity index (χ0v) is 22.3. The van der Waals surface area contributed by atoms with Crippen molar-refractivity contribution >= 4 is 23.2 Å². The van der Waals surface area contributed by atoms with E-state index >= 15 is 0 Å². The van der Waals surface area contributed by atoms with Gasteiger partial charge in [0.15, 0.2) is 11.6 Å². The van der Waals surface area contributed by atoms with Gasteiger partial charge in [0.05, 0.1) is 6.61 Å². The molecule has 0 spiro atoms. The fourth-order valence-electron chi connectivity index (χ4n) is 4.78. The van der Waals surface area contributed by atoms with Crippen LogP contribution in [0.1, 0.15) is 29.2 Å². The van der Waals surface area contributed by atoms with E-state index in [0.717, 1.165) is 5.56 Å². The summed E-state index contributed by atoms with van der Waals surface area (Å²) >= 11 is 0. The molecule has 0 aromatic heterocycles. The number of aliphatic hydroxyl groups excluding tert-OH is 1. The minimum atomic E-state index is -1.44. The molecule has 206 valence electrons. The molecule has 2 atom stereocenters. The van der Waals surface area contributed by atoms with Crippen molar-refractivity contribution in [3.63, 3.8) is 0 Å². The van der Waals surface area contributed by atoms with E-state index in [4.69, 9.17) is 19.6 Å². The fourth-order valence-corrected chi connectivity index (χ4v) is 4.78. The number of aliphatic imine (C=N–C) groups is 1. The second kappa shape index (κ2) is 12.8. The van der Waals surface area contributed by atoms with Crippen molar-refractivity contribution in [1.29, 1.82) is 0 Å². The Labute approximate surface area is 237 Å². The lowest BCUT2D eigenvalue weighted by Gasteiger charge is -2.31. The van der Waals surface area contributed by atoms with E-state index in [0.29, 0.717) is 41.3 Å². The molecule has 1 amide bonds. The van der Waals surface area contributed by atoms with Gasteiger partial charge in [-0.15, -0.1) is 0 Å². The van der Waals surface area contributed by atoms with Crippen LogP contribution in [0.3, 0.4) is 0 Å². The van der Waals surface area contributed by atoms with Crippen LogP contribution in [0, 0.1) is 0 Å². The number of anilines is 1. The Balaban J connectivity index is 1.62. The second-order valence-electron chi connectivity index (χ2n) is 9.52. The molecule has 5 rings (SSSR count). The van der Waals surface area contributed by atoms with Gasteiger partial charge in [-0.2, -0.15) is 0 Å². The average Bonchev–Trinajstić information content (AvgIpc) is 3.39. The Hall–Kier alpha value is -5.11. The molecule has 1 aliphatic heterocycles. The minimum absolute atomic E-state index is 0.0516. The number of benzene rings is 4. The average molecular weight is 548 g/mol. The van der Waals surface area contributed by atoms with Gasteiger partial charge in [-0.1, -0.05) is 77.9 Å². The lowest BCUT2D eigenvalue weighted by atomic mass is 9.81. The molecule has 0 saturated carbocycles. The molecular formula is C32H29N5O4. The lowest BCUT2D eigenvalue weighted by Crippen LogP contribution is -2.46. The molecule has 4 aromatic carbocycles. The lowest BCUT2D eigenvalue weighted by molar-refractivity contribution is -0.123. The van der Waals surface area contributed by atoms with Crippen LogP contribution in [0.5, 0.6) is 5.75 Å². The molecule has 2 N–H and O–H groups in total. The largest absolute Gasteiger partial charge is 0.494 e. The molecule has 41 heavy (non-hydrogen) atoms. The summed E-state index contributed by atoms with van der Waals surface area (Å²) in [6, 6.07) is 33.1. The molecule has 1 heterocycles. The summed E-state index contributed by atoms with van der Waals surface area (Å²) in [4.78, 5) is 22.4. The number of para-hydroxylation sites is 1. The first-order chi connectivity index (χ1) is 20.1. The van der Waals surface area contributed by atoms with Crippen molar-refractivity contribution in [2.75, 3.05) is 18.5 Å². The van der Waals surface area contributed by atoms with E-state index in [-0.39, 0.29) is 24.8 Å². The van der Waals surface area contributed by atoms with Crippen LogP contribution in [0.15, 0.2) is 119 Å². The first-order valence-corrected chi connectivity index (χ1v) is 13.3. The Morgan fingerprint density at radius 1 is 0.976 bits per heavy atom. The molecular weight excluding hydrogens is 518 g/mol. The number of hydrogen-bond acceptors (Lipinski definition) is 6. The van der Waals surface area contributed by atoms with Gasteiger partial charge in [-0.05, 0) is 47.5 Å². The third kappa shape index (κ3) is 6.22. The fraction of sp³-hybridized carbons (Fsp3) is 0.188. The zero-order valence-electron chi connectivity index (χ0n) is 22.3. The second-order valence-corrected chi connectivity index (χ2v) is 9.52. The van der Waals surface area contributed by atoms with Gasteiger partial charge in [0, 0.05) is 46.9 Å². The van der Waals surface area contributed by atoms with E-state index in [1.165, 1.54) is 0 Å². The normalized spacial score (nSPS) is 17.6. The number of aliphatic hydroxyl groups is 1. The highest BCUT2D eigenvalue weighted by molar-refractivity contribution is 6.05. The van der Waals surface area contributed by atoms with Crippen LogP contribution in [-0.4, -0.2) is 35.7 Å². The molecule has 9 nitrogen and oxygen atoms in total. The number of hydrogen-bond donors (Lipinski definition) is 2. The highest BCUT2D eigenvalue weighted by atomic mass is 16.5. The summed E-state index contributed by atoms with van der Waals surface area (Å²) < 4.78 is 12.2. The molecule has 0 fully saturated rings. The number of rotatable bonds is 11. The SMILES string of the molecule is [N-]=[N+]=Nc1ccccc1[C@H]1OC(c2ccc(OCCCO)cc2)=N[C@@]1(Cc1ccccc1)C(=O)Nc1ccccc1. The van der Waals surface area contributed by atoms with Crippen molar-refractivity contribution in [1.82, 2.24) is 0 Å². The van der Waals surface area contributed by atoms with Crippen LogP contribution in [0.25, 0.3) is 10.4 Å². The summed E-state index contributed by atoms with van der Waals surface area (Å²) in [7, 11) is 0. The Bertz CT molecular complexity index is 1550. The van der Waals surface area contributed by atoms with Gasteiger partial charge in [0.2, 0.25) is 5.90 Å². The Morgan fingerprint density at radius 2 is 1.66 bits per heavy atom. The van der Waals surface area contributed by atoms with Crippen LogP contribution >= 0.6 is 0 Å². The van der Waals surface area contributed by atoms with Gasteiger partial charge in [0.1, 0.15) is 5.75 Å². The number of carbonyl (C=O) groups excluding carboxylic acids is 1. The third-order valence-corrected chi connectivity index (χ3v) is 6.75. The van der Waals surface area contributed by atoms with Crippen molar-refractivity contribution in [2.24, 2.45) is 10.1 Å². The number of azide groups is 1. The number of ether oxygens (including phenoxy) is 2. The van der Waals surface area contributed by atoms with E-state index < -0.39 is 11.6 Å². The maximum Gasteiger partial charge on any atom is 0.257 e. The monoisotopic (exact) mass is 547 g/mol. The molecule has 9 heteroatoms. The smallest absolute Gasteiger partial charge is 0.257 e. The number of nitrogens with zero attached hydrogens (tertiary/aromatic N) is 4. The molecule has 4 aromatic rings. The molecule has 0 unspecified atom stereocenters. The molecule has 0 saturated heterocycles. The number of amides is 1. The molecule has 0 bridgehead atoms. The summed E-state index contributed by atoms with van der Waals surface area (Å²) in [5.74, 6) is 0.572. The number of nitrogens with one attached hydrogen (secondary N) is 1. The van der Waals surface area contributed by atoms with Crippen molar-refractivity contribution in [3.05, 3.63) is 136 Å². The first-order valence-electron chi connectivity index (χ1n) is 13.3. The first kappa shape index (κ1) is 27.5. The van der Waals surface area contributed by atoms with E-state index in [1.807, 2.05) is 78.9 Å². The number of carbonyl (C=O) groups is 1. The summed E-state index contributed by atoms with van der Waals surface area (Å²) in [6.45, 7) is 0.446. The quantitative estimate of drug-likeness (QED) is 0.0957. The van der Waals surface area contributed by atoms with Crippen LogP contribution in [-0.2, 0) is 16.0 Å². The third-order valence-electron chi connectivity index (χ3n) is 6.75. The van der Waals surface area contributed by atoms with Crippen molar-refractivity contribution in [3.8, 4) is 5.75 Å². The highest BCUT2D eigenvalue weighted by Gasteiger charge is 2.53. The summed E-state index contributed by atoms with van der Waals surface area (Å²) in [5, 5.41) is 16.0. The maximum atomic E-state index is 14.3. The highest BCUT2D eigenvalue weighted by Crippen LogP contribution is 2.45. The molecule has 0 aliphatic carbocycles. The van der Waals surface area contributed by atoms with Crippen LogP contribution in [0.2, 0.25) is 0 Å². The standard InChI is InChI=1S/C32H29N5O4/c33-37-36-28-15-8-7-14-27(28)29-32(22-23-10-3-1-4-11-23,31(39)34-25-12-5-2-6-13-25)35-30(41-29)24-16-18-26(19-17-24)40-21-9-20-38/h1-8,10-19,29,38H,9,20-22H2,(H,34,39)/t29-,32-/m1/s1. The van der Waals surface area contributed by atoms with Gasteiger partial charge in [-0.3, -0.25) is 4.79 Å². The van der Waals surface area contributed by atoms with Crippen LogP contribution < -0.4 is 10.1 Å². The summed E-state index contributed by atoms with van der Waals surface area (Å²) in [6.07, 6.45) is -0.140. The maximum absolute atomic E-state index is 14.3. The van der Waals surface area contributed by atoms with Gasteiger partial charge in [0.25, 0.3) is 5.91 Å². The minimum Gasteiger partial charge on any atom is -0.494 e. The topological polar surface area (TPSA) is 129 Å². The Kier molecular flexibility index (Phi) is 8.59. The zero-order chi connectivity index (χ0) is 28.5. The van der Waals surface area contributed by atoms with E-state index in [1.54, 1.807) is 30.3 Å². The van der Waals surface area contributed by atoms with E-state index in [2.05, 4.69) is 15.3 Å². The van der Waals surface area contributed by atoms with E-state index in [9.17, 15) is 10.3 Å². The predicted octanol–water partition coefficient (Wildman–Crippen LogP) is 6.53. The molecule has 1 aliphatic rings. The van der Waals surface area contributed by atoms with Crippen LogP contribution in [0.4, 0.5) is 11.4 Å². The molecule has 0 radical (unpaired) electrons. The van der Waals surface area contributed by atoms with Crippen molar-refractivity contribution < 1.29 is 19.4 Å². The van der Waals surface area contributed by atoms with Gasteiger partial charge < -0.3 is 19.9 Å². The Morgan fingerprint density at radius 3 is 2.37 bits per heavy atom.